The van der Waals surface area contributed by atoms with Crippen LogP contribution < -0.4 is 5.32 Å². The maximum Gasteiger partial charge on any atom is 0.356 e. The van der Waals surface area contributed by atoms with E-state index in [1.165, 1.54) is 18.3 Å². The summed E-state index contributed by atoms with van der Waals surface area (Å²) in [4.78, 5) is 26.3. The van der Waals surface area contributed by atoms with E-state index >= 15 is 0 Å². The van der Waals surface area contributed by atoms with E-state index in [1.54, 1.807) is 0 Å². The Morgan fingerprint density at radius 2 is 1.76 bits per heavy atom. The minimum Gasteiger partial charge on any atom is -0.476 e. The van der Waals surface area contributed by atoms with E-state index in [4.69, 9.17) is 5.11 Å². The first-order valence-corrected chi connectivity index (χ1v) is 5.54. The molecule has 1 heterocycles. The lowest BCUT2D eigenvalue weighted by atomic mass is 10.2. The molecule has 0 saturated heterocycles. The van der Waals surface area contributed by atoms with Crippen molar-refractivity contribution in [3.63, 3.8) is 0 Å². The summed E-state index contributed by atoms with van der Waals surface area (Å²) in [5.74, 6) is -7.13. The first-order chi connectivity index (χ1) is 9.90. The number of carboxylic acid groups (broad SMARTS) is 1. The number of carbonyl (C=O) groups excluding carboxylic acids is 1. The number of nitrogens with zero attached hydrogens (tertiary/aromatic N) is 1. The van der Waals surface area contributed by atoms with E-state index in [2.05, 4.69) is 10.3 Å². The SMILES string of the molecule is O=C(Nc1cccnc1C(=O)O)c1cc(F)c(F)c(F)c1. The summed E-state index contributed by atoms with van der Waals surface area (Å²) >= 11 is 0. The molecule has 21 heavy (non-hydrogen) atoms. The second kappa shape index (κ2) is 5.61. The smallest absolute Gasteiger partial charge is 0.356 e. The number of hydrogen-bond donors (Lipinski definition) is 2. The quantitative estimate of drug-likeness (QED) is 0.853. The number of rotatable bonds is 3. The number of aromatic nitrogens is 1. The maximum atomic E-state index is 13.0. The molecule has 1 aromatic carbocycles. The molecule has 1 aromatic heterocycles. The molecule has 0 radical (unpaired) electrons. The molecule has 2 aromatic rings. The Labute approximate surface area is 116 Å². The van der Waals surface area contributed by atoms with Crippen LogP contribution in [0.4, 0.5) is 18.9 Å². The van der Waals surface area contributed by atoms with Crippen LogP contribution in [0, 0.1) is 17.5 Å². The van der Waals surface area contributed by atoms with Crippen LogP contribution >= 0.6 is 0 Å². The van der Waals surface area contributed by atoms with Crippen molar-refractivity contribution in [2.75, 3.05) is 5.32 Å². The van der Waals surface area contributed by atoms with Gasteiger partial charge in [-0.15, -0.1) is 0 Å². The number of aromatic carboxylic acids is 1. The minimum absolute atomic E-state index is 0.153. The van der Waals surface area contributed by atoms with Crippen molar-refractivity contribution in [1.29, 1.82) is 0 Å². The summed E-state index contributed by atoms with van der Waals surface area (Å²) in [7, 11) is 0. The van der Waals surface area contributed by atoms with Crippen LogP contribution in [-0.4, -0.2) is 22.0 Å². The Bertz CT molecular complexity index is 711. The third kappa shape index (κ3) is 2.99. The summed E-state index contributed by atoms with van der Waals surface area (Å²) in [5.41, 5.74) is -1.08. The van der Waals surface area contributed by atoms with Crippen molar-refractivity contribution in [3.8, 4) is 0 Å². The zero-order chi connectivity index (χ0) is 15.6. The van der Waals surface area contributed by atoms with Gasteiger partial charge in [0.05, 0.1) is 5.69 Å². The summed E-state index contributed by atoms with van der Waals surface area (Å²) in [6, 6.07) is 3.63. The lowest BCUT2D eigenvalue weighted by Crippen LogP contribution is -2.16. The predicted molar refractivity (Wildman–Crippen MR) is 65.5 cm³/mol. The van der Waals surface area contributed by atoms with E-state index < -0.39 is 40.6 Å². The largest absolute Gasteiger partial charge is 0.476 e. The van der Waals surface area contributed by atoms with Gasteiger partial charge in [0, 0.05) is 11.8 Å². The zero-order valence-corrected chi connectivity index (χ0v) is 10.2. The summed E-state index contributed by atoms with van der Waals surface area (Å²) in [5, 5.41) is 11.0. The maximum absolute atomic E-state index is 13.0. The number of benzene rings is 1. The Hall–Kier alpha value is -2.90. The Kier molecular flexibility index (Phi) is 3.88. The molecule has 0 fully saturated rings. The molecule has 2 N–H and O–H groups in total. The Morgan fingerprint density at radius 1 is 1.14 bits per heavy atom. The number of pyridine rings is 1. The van der Waals surface area contributed by atoms with E-state index in [0.29, 0.717) is 12.1 Å². The van der Waals surface area contributed by atoms with E-state index in [9.17, 15) is 22.8 Å². The normalized spacial score (nSPS) is 10.2. The van der Waals surface area contributed by atoms with Crippen LogP contribution in [-0.2, 0) is 0 Å². The Morgan fingerprint density at radius 3 is 2.33 bits per heavy atom. The van der Waals surface area contributed by atoms with Crippen molar-refractivity contribution < 1.29 is 27.9 Å². The third-order valence-electron chi connectivity index (χ3n) is 2.50. The van der Waals surface area contributed by atoms with Gasteiger partial charge in [0.15, 0.2) is 23.1 Å². The van der Waals surface area contributed by atoms with Gasteiger partial charge in [0.1, 0.15) is 0 Å². The van der Waals surface area contributed by atoms with Crippen molar-refractivity contribution in [2.24, 2.45) is 0 Å². The highest BCUT2D eigenvalue weighted by Crippen LogP contribution is 2.17. The molecular formula is C13H7F3N2O3. The highest BCUT2D eigenvalue weighted by molar-refractivity contribution is 6.07. The van der Waals surface area contributed by atoms with E-state index in [1.807, 2.05) is 0 Å². The van der Waals surface area contributed by atoms with E-state index in [0.717, 1.165) is 0 Å². The summed E-state index contributed by atoms with van der Waals surface area (Å²) < 4.78 is 38.9. The van der Waals surface area contributed by atoms with Crippen molar-refractivity contribution in [1.82, 2.24) is 4.98 Å². The number of amides is 1. The number of carboxylic acids is 1. The zero-order valence-electron chi connectivity index (χ0n) is 10.2. The highest BCUT2D eigenvalue weighted by Gasteiger charge is 2.18. The highest BCUT2D eigenvalue weighted by atomic mass is 19.2. The number of anilines is 1. The lowest BCUT2D eigenvalue weighted by Gasteiger charge is -2.08. The standard InChI is InChI=1S/C13H7F3N2O3/c14-7-4-6(5-8(15)10(7)16)12(19)18-9-2-1-3-17-11(9)13(20)21/h1-5H,(H,18,19)(H,20,21). The number of nitrogens with one attached hydrogen (secondary N) is 1. The second-order valence-electron chi connectivity index (χ2n) is 3.91. The van der Waals surface area contributed by atoms with Crippen LogP contribution in [0.3, 0.4) is 0 Å². The average Bonchev–Trinajstić information content (AvgIpc) is 2.44. The second-order valence-corrected chi connectivity index (χ2v) is 3.91. The van der Waals surface area contributed by atoms with Crippen LogP contribution in [0.25, 0.3) is 0 Å². The van der Waals surface area contributed by atoms with Gasteiger partial charge in [-0.1, -0.05) is 0 Å². The lowest BCUT2D eigenvalue weighted by molar-refractivity contribution is 0.0691. The molecule has 5 nitrogen and oxygen atoms in total. The molecule has 2 rings (SSSR count). The molecule has 0 aliphatic rings. The van der Waals surface area contributed by atoms with E-state index in [-0.39, 0.29) is 5.69 Å². The van der Waals surface area contributed by atoms with Gasteiger partial charge in [-0.25, -0.2) is 22.9 Å². The van der Waals surface area contributed by atoms with Gasteiger partial charge in [0.25, 0.3) is 5.91 Å². The number of halogens is 3. The van der Waals surface area contributed by atoms with Gasteiger partial charge < -0.3 is 10.4 Å². The van der Waals surface area contributed by atoms with Crippen LogP contribution in [0.15, 0.2) is 30.5 Å². The summed E-state index contributed by atoms with van der Waals surface area (Å²) in [6.07, 6.45) is 1.20. The summed E-state index contributed by atoms with van der Waals surface area (Å²) in [6.45, 7) is 0. The first kappa shape index (κ1) is 14.5. The molecule has 108 valence electrons. The van der Waals surface area contributed by atoms with Gasteiger partial charge in [-0.2, -0.15) is 0 Å². The molecule has 0 saturated carbocycles. The van der Waals surface area contributed by atoms with Crippen molar-refractivity contribution in [2.45, 2.75) is 0 Å². The van der Waals surface area contributed by atoms with Gasteiger partial charge in [0.2, 0.25) is 0 Å². The Balaban J connectivity index is 2.33. The molecule has 8 heteroatoms. The van der Waals surface area contributed by atoms with Gasteiger partial charge in [-0.3, -0.25) is 4.79 Å². The molecular weight excluding hydrogens is 289 g/mol. The monoisotopic (exact) mass is 296 g/mol. The average molecular weight is 296 g/mol. The molecule has 0 unspecified atom stereocenters. The van der Waals surface area contributed by atoms with Crippen molar-refractivity contribution >= 4 is 17.6 Å². The molecule has 0 atom stereocenters. The fourth-order valence-electron chi connectivity index (χ4n) is 1.56. The minimum atomic E-state index is -1.70. The van der Waals surface area contributed by atoms with Crippen LogP contribution in [0.5, 0.6) is 0 Å². The number of hydrogen-bond acceptors (Lipinski definition) is 3. The molecule has 0 aliphatic heterocycles. The van der Waals surface area contributed by atoms with Gasteiger partial charge in [-0.05, 0) is 24.3 Å². The molecule has 1 amide bonds. The van der Waals surface area contributed by atoms with Crippen molar-refractivity contribution in [3.05, 3.63) is 59.2 Å². The number of carbonyl (C=O) groups is 2. The van der Waals surface area contributed by atoms with Gasteiger partial charge >= 0.3 is 5.97 Å². The first-order valence-electron chi connectivity index (χ1n) is 5.54. The predicted octanol–water partition coefficient (Wildman–Crippen LogP) is 2.45. The third-order valence-corrected chi connectivity index (χ3v) is 2.50. The topological polar surface area (TPSA) is 79.3 Å². The molecule has 0 aliphatic carbocycles. The molecule has 0 bridgehead atoms. The fourth-order valence-corrected chi connectivity index (χ4v) is 1.56. The molecule has 0 spiro atoms. The fraction of sp³-hybridized carbons (Fsp3) is 0. The van der Waals surface area contributed by atoms with Crippen LogP contribution in [0.1, 0.15) is 20.8 Å². The van der Waals surface area contributed by atoms with Crippen LogP contribution in [0.2, 0.25) is 0 Å².